The van der Waals surface area contributed by atoms with Crippen LogP contribution in [0.1, 0.15) is 440 Å². The van der Waals surface area contributed by atoms with E-state index in [0.29, 0.717) is 25.7 Å². The van der Waals surface area contributed by atoms with Gasteiger partial charge in [-0.3, -0.25) is 37.3 Å². The highest BCUT2D eigenvalue weighted by atomic mass is 31.2. The van der Waals surface area contributed by atoms with Gasteiger partial charge in [0.15, 0.2) is 12.2 Å². The molecular formula is C83H162O17P2. The molecule has 0 saturated heterocycles. The van der Waals surface area contributed by atoms with Gasteiger partial charge in [-0.1, -0.05) is 388 Å². The summed E-state index contributed by atoms with van der Waals surface area (Å²) >= 11 is 0. The number of ether oxygens (including phenoxy) is 4. The van der Waals surface area contributed by atoms with Crippen LogP contribution in [0.3, 0.4) is 0 Å². The molecular weight excluding hydrogens is 1330 g/mol. The van der Waals surface area contributed by atoms with Gasteiger partial charge in [0.2, 0.25) is 0 Å². The first-order valence-electron chi connectivity index (χ1n) is 43.0. The van der Waals surface area contributed by atoms with Gasteiger partial charge in [-0.2, -0.15) is 0 Å². The van der Waals surface area contributed by atoms with E-state index in [2.05, 4.69) is 41.5 Å². The van der Waals surface area contributed by atoms with Crippen LogP contribution in [0.25, 0.3) is 0 Å². The lowest BCUT2D eigenvalue weighted by Gasteiger charge is -2.21. The van der Waals surface area contributed by atoms with Gasteiger partial charge in [0.25, 0.3) is 0 Å². The van der Waals surface area contributed by atoms with Gasteiger partial charge in [-0.25, -0.2) is 9.13 Å². The fraction of sp³-hybridized carbons (Fsp3) is 0.952. The Morgan fingerprint density at radius 3 is 0.745 bits per heavy atom. The highest BCUT2D eigenvalue weighted by Crippen LogP contribution is 2.45. The lowest BCUT2D eigenvalue weighted by molar-refractivity contribution is -0.161. The summed E-state index contributed by atoms with van der Waals surface area (Å²) in [5.74, 6) is -0.440. The maximum atomic E-state index is 13.1. The number of phosphoric ester groups is 2. The van der Waals surface area contributed by atoms with Crippen LogP contribution >= 0.6 is 15.6 Å². The van der Waals surface area contributed by atoms with E-state index in [0.717, 1.165) is 108 Å². The van der Waals surface area contributed by atoms with E-state index in [1.54, 1.807) is 0 Å². The first-order valence-corrected chi connectivity index (χ1v) is 46.0. The molecule has 0 spiro atoms. The zero-order chi connectivity index (χ0) is 74.9. The zero-order valence-corrected chi connectivity index (χ0v) is 68.7. The highest BCUT2D eigenvalue weighted by Gasteiger charge is 2.30. The number of esters is 4. The summed E-state index contributed by atoms with van der Waals surface area (Å²) in [5, 5.41) is 10.6. The largest absolute Gasteiger partial charge is 0.472 e. The molecule has 0 aromatic heterocycles. The third-order valence-electron chi connectivity index (χ3n) is 19.8. The summed E-state index contributed by atoms with van der Waals surface area (Å²) < 4.78 is 68.5. The molecule has 3 N–H and O–H groups in total. The van der Waals surface area contributed by atoms with Crippen LogP contribution in [0.15, 0.2) is 0 Å². The van der Waals surface area contributed by atoms with Crippen LogP contribution < -0.4 is 0 Å². The Bertz CT molecular complexity index is 1960. The van der Waals surface area contributed by atoms with Crippen molar-refractivity contribution in [3.8, 4) is 0 Å². The molecule has 19 heteroatoms. The molecule has 0 bridgehead atoms. The molecule has 17 nitrogen and oxygen atoms in total. The number of unbranched alkanes of at least 4 members (excludes halogenated alkanes) is 51. The van der Waals surface area contributed by atoms with Crippen LogP contribution in [0.2, 0.25) is 0 Å². The van der Waals surface area contributed by atoms with Gasteiger partial charge in [0, 0.05) is 25.7 Å². The van der Waals surface area contributed by atoms with Crippen molar-refractivity contribution in [2.45, 2.75) is 458 Å². The predicted octanol–water partition coefficient (Wildman–Crippen LogP) is 25.1. The Hall–Kier alpha value is -1.94. The number of hydrogen-bond acceptors (Lipinski definition) is 15. The van der Waals surface area contributed by atoms with E-state index >= 15 is 0 Å². The second-order valence-electron chi connectivity index (χ2n) is 30.6. The zero-order valence-electron chi connectivity index (χ0n) is 66.9. The van der Waals surface area contributed by atoms with Gasteiger partial charge in [0.05, 0.1) is 26.4 Å². The van der Waals surface area contributed by atoms with Crippen molar-refractivity contribution in [2.75, 3.05) is 39.6 Å². The van der Waals surface area contributed by atoms with Crippen molar-refractivity contribution in [3.63, 3.8) is 0 Å². The predicted molar refractivity (Wildman–Crippen MR) is 418 cm³/mol. The summed E-state index contributed by atoms with van der Waals surface area (Å²) in [4.78, 5) is 72.8. The summed E-state index contributed by atoms with van der Waals surface area (Å²) in [6, 6.07) is 0. The SMILES string of the molecule is CCCCCCCCCCCCCCCCCCCC(=O)O[C@H](COC(=O)CCCCCCC)COP(=O)(O)OC[C@H](O)COP(=O)(O)OC[C@@H](COC(=O)CCCCCCCCCCCCCCCCCC(C)C)OC(=O)CCCCCCCCCCCCCCCCCCCCC(C)CC. The van der Waals surface area contributed by atoms with Crippen molar-refractivity contribution in [1.29, 1.82) is 0 Å². The second-order valence-corrected chi connectivity index (χ2v) is 33.5. The van der Waals surface area contributed by atoms with Gasteiger partial charge in [0.1, 0.15) is 19.3 Å². The average molecular weight is 1490 g/mol. The molecule has 0 aromatic rings. The third kappa shape index (κ3) is 74.9. The molecule has 0 rings (SSSR count). The third-order valence-corrected chi connectivity index (χ3v) is 21.7. The molecule has 102 heavy (non-hydrogen) atoms. The van der Waals surface area contributed by atoms with Crippen LogP contribution in [0.4, 0.5) is 0 Å². The maximum absolute atomic E-state index is 13.1. The topological polar surface area (TPSA) is 237 Å². The Kier molecular flexibility index (Phi) is 73.1. The second kappa shape index (κ2) is 74.5. The smallest absolute Gasteiger partial charge is 0.462 e. The number of carbonyl (C=O) groups excluding carboxylic acids is 4. The molecule has 0 heterocycles. The number of rotatable bonds is 82. The van der Waals surface area contributed by atoms with Crippen molar-refractivity contribution >= 4 is 39.5 Å². The highest BCUT2D eigenvalue weighted by molar-refractivity contribution is 7.47. The minimum atomic E-state index is -4.96. The fourth-order valence-electron chi connectivity index (χ4n) is 12.9. The molecule has 0 radical (unpaired) electrons. The molecule has 6 atom stereocenters. The van der Waals surface area contributed by atoms with Gasteiger partial charge < -0.3 is 33.8 Å². The number of aliphatic hydroxyl groups excluding tert-OH is 1. The fourth-order valence-corrected chi connectivity index (χ4v) is 14.4. The standard InChI is InChI=1S/C83H162O17P2/c1-7-10-12-14-15-16-17-18-19-22-28-34-39-44-49-55-61-67-82(87)99-78(71-93-80(85)65-59-51-13-11-8-2)73-97-101(89,90)95-69-77(84)70-96-102(91,92)98-74-79(72-94-81(86)66-60-54-48-43-38-33-30-25-26-31-36-41-46-52-57-63-75(4)5)100-83(88)68-62-56-50-45-40-35-29-24-21-20-23-27-32-37-42-47-53-58-64-76(6)9-3/h75-79,84H,7-74H2,1-6H3,(H,89,90)(H,91,92)/t76?,77-,78+,79+/m0/s1. The summed E-state index contributed by atoms with van der Waals surface area (Å²) in [7, 11) is -9.91. The van der Waals surface area contributed by atoms with Crippen LogP contribution in [0.5, 0.6) is 0 Å². The Morgan fingerprint density at radius 1 is 0.284 bits per heavy atom. The van der Waals surface area contributed by atoms with Gasteiger partial charge >= 0.3 is 39.5 Å². The summed E-state index contributed by atoms with van der Waals surface area (Å²) in [6.45, 7) is 9.66. The number of carbonyl (C=O) groups is 4. The Balaban J connectivity index is 5.11. The minimum absolute atomic E-state index is 0.108. The lowest BCUT2D eigenvalue weighted by atomic mass is 9.99. The van der Waals surface area contributed by atoms with E-state index in [1.165, 1.54) is 250 Å². The lowest BCUT2D eigenvalue weighted by Crippen LogP contribution is -2.30. The number of hydrogen-bond donors (Lipinski definition) is 3. The molecule has 3 unspecified atom stereocenters. The van der Waals surface area contributed by atoms with Crippen LogP contribution in [0, 0.1) is 11.8 Å². The van der Waals surface area contributed by atoms with Crippen LogP contribution in [-0.2, 0) is 65.4 Å². The average Bonchev–Trinajstić information content (AvgIpc) is 0.919. The summed E-state index contributed by atoms with van der Waals surface area (Å²) in [6.07, 6.45) is 65.7. The van der Waals surface area contributed by atoms with Gasteiger partial charge in [-0.15, -0.1) is 0 Å². The molecule has 0 aliphatic rings. The molecule has 0 fully saturated rings. The minimum Gasteiger partial charge on any atom is -0.462 e. The molecule has 0 aromatic carbocycles. The monoisotopic (exact) mass is 1490 g/mol. The summed E-state index contributed by atoms with van der Waals surface area (Å²) in [5.41, 5.74) is 0. The first kappa shape index (κ1) is 100. The normalized spacial score (nSPS) is 14.1. The van der Waals surface area contributed by atoms with Crippen molar-refractivity contribution < 1.29 is 80.2 Å². The quantitative estimate of drug-likeness (QED) is 0.0222. The number of phosphoric acid groups is 2. The van der Waals surface area contributed by atoms with Crippen LogP contribution in [-0.4, -0.2) is 96.7 Å². The molecule has 0 aliphatic heterocycles. The van der Waals surface area contributed by atoms with Crippen molar-refractivity contribution in [1.82, 2.24) is 0 Å². The molecule has 606 valence electrons. The molecule has 0 aliphatic carbocycles. The molecule has 0 amide bonds. The maximum Gasteiger partial charge on any atom is 0.472 e. The number of aliphatic hydroxyl groups is 1. The Morgan fingerprint density at radius 2 is 0.500 bits per heavy atom. The van der Waals surface area contributed by atoms with Gasteiger partial charge in [-0.05, 0) is 37.5 Å². The van der Waals surface area contributed by atoms with E-state index in [1.807, 2.05) is 0 Å². The first-order chi connectivity index (χ1) is 49.4. The molecule has 0 saturated carbocycles. The van der Waals surface area contributed by atoms with Crippen molar-refractivity contribution in [2.24, 2.45) is 11.8 Å². The Labute approximate surface area is 626 Å². The van der Waals surface area contributed by atoms with E-state index in [-0.39, 0.29) is 25.7 Å². The van der Waals surface area contributed by atoms with Crippen molar-refractivity contribution in [3.05, 3.63) is 0 Å². The van der Waals surface area contributed by atoms with E-state index in [9.17, 15) is 43.2 Å². The van der Waals surface area contributed by atoms with E-state index < -0.39 is 97.5 Å². The van der Waals surface area contributed by atoms with E-state index in [4.69, 9.17) is 37.0 Å².